The second-order valence-corrected chi connectivity index (χ2v) is 12.2. The summed E-state index contributed by atoms with van der Waals surface area (Å²) in [6.45, 7) is 0.386. The molecule has 0 bridgehead atoms. The van der Waals surface area contributed by atoms with Crippen molar-refractivity contribution in [3.05, 3.63) is 77.9 Å². The van der Waals surface area contributed by atoms with Crippen LogP contribution in [0.4, 0.5) is 11.4 Å². The number of para-hydroxylation sites is 1. The highest BCUT2D eigenvalue weighted by molar-refractivity contribution is 7.93. The Morgan fingerprint density at radius 2 is 1.74 bits per heavy atom. The van der Waals surface area contributed by atoms with Crippen molar-refractivity contribution in [2.24, 2.45) is 0 Å². The van der Waals surface area contributed by atoms with Gasteiger partial charge in [-0.1, -0.05) is 29.8 Å². The van der Waals surface area contributed by atoms with E-state index in [2.05, 4.69) is 14.7 Å². The van der Waals surface area contributed by atoms with Gasteiger partial charge in [-0.15, -0.1) is 0 Å². The van der Waals surface area contributed by atoms with Gasteiger partial charge in [0.1, 0.15) is 0 Å². The van der Waals surface area contributed by atoms with Crippen LogP contribution in [-0.2, 0) is 20.0 Å². The molecule has 0 radical (unpaired) electrons. The molecular formula is C24H21ClN4O4S2. The highest BCUT2D eigenvalue weighted by Gasteiger charge is 2.26. The number of sulfonamides is 2. The molecule has 0 saturated carbocycles. The van der Waals surface area contributed by atoms with Gasteiger partial charge < -0.3 is 0 Å². The summed E-state index contributed by atoms with van der Waals surface area (Å²) in [6, 6.07) is 18.0. The minimum atomic E-state index is -3.94. The first-order valence-electron chi connectivity index (χ1n) is 10.9. The summed E-state index contributed by atoms with van der Waals surface area (Å²) < 4.78 is 54.6. The number of rotatable bonds is 5. The van der Waals surface area contributed by atoms with Crippen LogP contribution in [0.25, 0.3) is 22.3 Å². The number of fused-ring (bicyclic) bond motifs is 1. The van der Waals surface area contributed by atoms with Crippen LogP contribution in [0.5, 0.6) is 0 Å². The molecule has 35 heavy (non-hydrogen) atoms. The maximum Gasteiger partial charge on any atom is 0.261 e. The predicted octanol–water partition coefficient (Wildman–Crippen LogP) is 4.68. The first-order chi connectivity index (χ1) is 16.7. The molecule has 180 valence electrons. The first kappa shape index (κ1) is 23.5. The zero-order chi connectivity index (χ0) is 24.6. The minimum Gasteiger partial charge on any atom is -0.280 e. The number of nitrogens with one attached hydrogen (secondary N) is 1. The zero-order valence-corrected chi connectivity index (χ0v) is 20.8. The van der Waals surface area contributed by atoms with Crippen LogP contribution in [-0.4, -0.2) is 39.1 Å². The molecule has 0 unspecified atom stereocenters. The van der Waals surface area contributed by atoms with Crippen molar-refractivity contribution in [1.29, 1.82) is 0 Å². The monoisotopic (exact) mass is 528 g/mol. The van der Waals surface area contributed by atoms with Crippen LogP contribution in [0.3, 0.4) is 0 Å². The van der Waals surface area contributed by atoms with Gasteiger partial charge in [0.15, 0.2) is 5.82 Å². The molecule has 1 saturated heterocycles. The van der Waals surface area contributed by atoms with Gasteiger partial charge in [-0.05, 0) is 61.4 Å². The lowest BCUT2D eigenvalue weighted by Gasteiger charge is -2.28. The maximum absolute atomic E-state index is 13.0. The molecule has 2 heterocycles. The third-order valence-electron chi connectivity index (χ3n) is 5.73. The Morgan fingerprint density at radius 1 is 0.971 bits per heavy atom. The Labute approximate surface area is 208 Å². The van der Waals surface area contributed by atoms with Gasteiger partial charge >= 0.3 is 0 Å². The average molecular weight is 529 g/mol. The van der Waals surface area contributed by atoms with Gasteiger partial charge in [-0.25, -0.2) is 26.8 Å². The fourth-order valence-electron chi connectivity index (χ4n) is 3.95. The number of hydrogen-bond donors (Lipinski definition) is 1. The molecule has 11 heteroatoms. The molecule has 0 atom stereocenters. The molecule has 0 spiro atoms. The van der Waals surface area contributed by atoms with E-state index in [0.717, 1.165) is 17.3 Å². The lowest BCUT2D eigenvalue weighted by atomic mass is 10.1. The number of nitrogens with zero attached hydrogens (tertiary/aromatic N) is 3. The molecule has 5 rings (SSSR count). The van der Waals surface area contributed by atoms with E-state index in [1.807, 2.05) is 24.3 Å². The van der Waals surface area contributed by atoms with Crippen molar-refractivity contribution in [3.63, 3.8) is 0 Å². The van der Waals surface area contributed by atoms with Crippen molar-refractivity contribution < 1.29 is 16.8 Å². The molecule has 1 N–H and O–H groups in total. The van der Waals surface area contributed by atoms with Crippen molar-refractivity contribution in [1.82, 2.24) is 9.97 Å². The number of hydrogen-bond acceptors (Lipinski definition) is 6. The lowest BCUT2D eigenvalue weighted by Crippen LogP contribution is -2.37. The number of halogens is 1. The molecule has 3 aromatic carbocycles. The Kier molecular flexibility index (Phi) is 6.12. The largest absolute Gasteiger partial charge is 0.280 e. The van der Waals surface area contributed by atoms with Crippen LogP contribution in [0, 0.1) is 0 Å². The molecule has 1 aliphatic rings. The fourth-order valence-corrected chi connectivity index (χ4v) is 6.84. The predicted molar refractivity (Wildman–Crippen MR) is 138 cm³/mol. The molecule has 1 aliphatic heterocycles. The smallest absolute Gasteiger partial charge is 0.261 e. The van der Waals surface area contributed by atoms with Crippen LogP contribution in [0.15, 0.2) is 77.8 Å². The van der Waals surface area contributed by atoms with Gasteiger partial charge in [0, 0.05) is 29.4 Å². The standard InChI is InChI=1S/C24H21ClN4O4S2/c25-22-12-7-18(15-21(22)24-26-16-17-5-1-2-6-23(17)27-24)28-35(32,33)20-10-8-19(9-11-20)29-13-3-4-14-34(29,30)31/h1-2,5-12,15-16,28H,3-4,13-14H2. The highest BCUT2D eigenvalue weighted by atomic mass is 35.5. The van der Waals surface area contributed by atoms with Gasteiger partial charge in [-0.3, -0.25) is 9.03 Å². The van der Waals surface area contributed by atoms with E-state index >= 15 is 0 Å². The molecular weight excluding hydrogens is 508 g/mol. The van der Waals surface area contributed by atoms with E-state index in [0.29, 0.717) is 40.8 Å². The summed E-state index contributed by atoms with van der Waals surface area (Å²) in [5, 5.41) is 1.26. The molecule has 1 fully saturated rings. The van der Waals surface area contributed by atoms with Crippen LogP contribution in [0.2, 0.25) is 5.02 Å². The van der Waals surface area contributed by atoms with Crippen molar-refractivity contribution in [3.8, 4) is 11.4 Å². The highest BCUT2D eigenvalue weighted by Crippen LogP contribution is 2.31. The number of aromatic nitrogens is 2. The average Bonchev–Trinajstić information content (AvgIpc) is 2.84. The maximum atomic E-state index is 13.0. The summed E-state index contributed by atoms with van der Waals surface area (Å²) in [7, 11) is -7.32. The van der Waals surface area contributed by atoms with E-state index in [9.17, 15) is 16.8 Å². The van der Waals surface area contributed by atoms with Gasteiger partial charge in [0.05, 0.1) is 26.9 Å². The van der Waals surface area contributed by atoms with Crippen molar-refractivity contribution in [2.45, 2.75) is 17.7 Å². The lowest BCUT2D eigenvalue weighted by molar-refractivity contribution is 0.574. The van der Waals surface area contributed by atoms with Crippen molar-refractivity contribution >= 4 is 53.9 Å². The summed E-state index contributed by atoms with van der Waals surface area (Å²) in [5.41, 5.74) is 1.98. The molecule has 1 aromatic heterocycles. The van der Waals surface area contributed by atoms with Crippen molar-refractivity contribution in [2.75, 3.05) is 21.3 Å². The van der Waals surface area contributed by atoms with Gasteiger partial charge in [0.25, 0.3) is 10.0 Å². The van der Waals surface area contributed by atoms with E-state index < -0.39 is 20.0 Å². The van der Waals surface area contributed by atoms with Crippen LogP contribution < -0.4 is 9.03 Å². The fraction of sp³-hybridized carbons (Fsp3) is 0.167. The third kappa shape index (κ3) is 4.82. The topological polar surface area (TPSA) is 109 Å². The van der Waals surface area contributed by atoms with E-state index in [4.69, 9.17) is 11.6 Å². The minimum absolute atomic E-state index is 0.00844. The molecule has 8 nitrogen and oxygen atoms in total. The Balaban J connectivity index is 1.41. The Morgan fingerprint density at radius 3 is 2.51 bits per heavy atom. The first-order valence-corrected chi connectivity index (χ1v) is 14.3. The Bertz CT molecular complexity index is 1630. The summed E-state index contributed by atoms with van der Waals surface area (Å²) >= 11 is 6.37. The van der Waals surface area contributed by atoms with Crippen LogP contribution >= 0.6 is 11.6 Å². The third-order valence-corrected chi connectivity index (χ3v) is 9.33. The molecule has 0 aliphatic carbocycles. The quantitative estimate of drug-likeness (QED) is 0.403. The second-order valence-electron chi connectivity index (χ2n) is 8.14. The van der Waals surface area contributed by atoms with E-state index in [1.54, 1.807) is 24.4 Å². The SMILES string of the molecule is O=S(=O)(Nc1ccc(Cl)c(-c2ncc3ccccc3n2)c1)c1ccc(N2CCCCS2(=O)=O)cc1. The van der Waals surface area contributed by atoms with Gasteiger partial charge in [-0.2, -0.15) is 0 Å². The van der Waals surface area contributed by atoms with E-state index in [1.165, 1.54) is 28.6 Å². The summed E-state index contributed by atoms with van der Waals surface area (Å²) in [4.78, 5) is 8.92. The van der Waals surface area contributed by atoms with Gasteiger partial charge in [0.2, 0.25) is 10.0 Å². The molecule has 4 aromatic rings. The Hall–Kier alpha value is -3.21. The zero-order valence-electron chi connectivity index (χ0n) is 18.4. The second kappa shape index (κ2) is 9.10. The van der Waals surface area contributed by atoms with Crippen LogP contribution in [0.1, 0.15) is 12.8 Å². The molecule has 0 amide bonds. The number of benzene rings is 3. The van der Waals surface area contributed by atoms with E-state index in [-0.39, 0.29) is 10.6 Å². The number of anilines is 2. The normalized spacial score (nSPS) is 15.7. The summed E-state index contributed by atoms with van der Waals surface area (Å²) in [5.74, 6) is 0.468. The summed E-state index contributed by atoms with van der Waals surface area (Å²) in [6.07, 6.45) is 3.08.